The van der Waals surface area contributed by atoms with Crippen LogP contribution in [0.2, 0.25) is 0 Å². The number of ether oxygens (including phenoxy) is 2. The molecule has 0 N–H and O–H groups in total. The Balaban J connectivity index is -0.0000000876. The minimum Gasteiger partial charge on any atom is -0.790 e. The SMILES string of the molecule is CC#CC#CC#CC#CC#CC(=O)OC[C@@H](COP(=O)([O-])[O-])OC(=O)CCCCCCCCCC.S.[HH].[HH].[HH].[HH].[HH].[HH].[HH].[HH].[HH].[Na+].[Na+]. The maximum atomic E-state index is 12.0. The third-order valence-electron chi connectivity index (χ3n) is 4.08. The summed E-state index contributed by atoms with van der Waals surface area (Å²) in [5, 5.41) is 0. The number of phosphoric ester groups is 1. The van der Waals surface area contributed by atoms with Crippen molar-refractivity contribution in [2.24, 2.45) is 0 Å². The Morgan fingerprint density at radius 2 is 1.32 bits per heavy atom. The van der Waals surface area contributed by atoms with Gasteiger partial charge < -0.3 is 28.3 Å². The predicted molar refractivity (Wildman–Crippen MR) is 156 cm³/mol. The van der Waals surface area contributed by atoms with Gasteiger partial charge in [0.05, 0.1) is 14.4 Å². The Morgan fingerprint density at radius 3 is 1.84 bits per heavy atom. The van der Waals surface area contributed by atoms with E-state index in [2.05, 4.69) is 70.7 Å². The molecular formula is C26H49Na2O8PS. The van der Waals surface area contributed by atoms with Crippen molar-refractivity contribution in [1.82, 2.24) is 0 Å². The Bertz CT molecular complexity index is 1070. The smallest absolute Gasteiger partial charge is 0.790 e. The third kappa shape index (κ3) is 33.2. The first kappa shape index (κ1) is 44.2. The molecule has 12 heteroatoms. The van der Waals surface area contributed by atoms with Gasteiger partial charge in [0.15, 0.2) is 6.10 Å². The van der Waals surface area contributed by atoms with Crippen molar-refractivity contribution in [2.45, 2.75) is 77.7 Å². The zero-order chi connectivity index (χ0) is 26.2. The van der Waals surface area contributed by atoms with Crippen LogP contribution in [0, 0.1) is 59.2 Å². The van der Waals surface area contributed by atoms with Crippen LogP contribution in [0.4, 0.5) is 0 Å². The van der Waals surface area contributed by atoms with Crippen LogP contribution in [0.3, 0.4) is 0 Å². The number of hydrogen-bond acceptors (Lipinski definition) is 8. The number of rotatable bonds is 15. The number of unbranched alkanes of at least 4 members (excludes halogenated alkanes) is 7. The molecule has 0 aliphatic heterocycles. The van der Waals surface area contributed by atoms with Crippen molar-refractivity contribution in [3.8, 4) is 59.2 Å². The number of hydrogen-bond donors (Lipinski definition) is 0. The molecule has 0 spiro atoms. The molecule has 0 aromatic rings. The van der Waals surface area contributed by atoms with Crippen LogP contribution >= 0.6 is 21.3 Å². The van der Waals surface area contributed by atoms with Crippen molar-refractivity contribution in [3.63, 3.8) is 0 Å². The quantitative estimate of drug-likeness (QED) is 0.0540. The summed E-state index contributed by atoms with van der Waals surface area (Å²) in [7, 11) is -5.30. The van der Waals surface area contributed by atoms with E-state index in [4.69, 9.17) is 9.47 Å². The number of esters is 2. The van der Waals surface area contributed by atoms with Crippen molar-refractivity contribution in [3.05, 3.63) is 0 Å². The van der Waals surface area contributed by atoms with E-state index in [0.717, 1.165) is 19.3 Å². The molecule has 0 rings (SSSR count). The summed E-state index contributed by atoms with van der Waals surface area (Å²) in [5.41, 5.74) is 0. The average Bonchev–Trinajstić information content (AvgIpc) is 2.81. The Morgan fingerprint density at radius 1 is 0.816 bits per heavy atom. The fraction of sp³-hybridized carbons (Fsp3) is 0.538. The van der Waals surface area contributed by atoms with Gasteiger partial charge in [-0.3, -0.25) is 4.79 Å². The summed E-state index contributed by atoms with van der Waals surface area (Å²) in [6.45, 7) is 2.48. The van der Waals surface area contributed by atoms with Gasteiger partial charge in [-0.25, -0.2) is 4.79 Å². The van der Waals surface area contributed by atoms with Gasteiger partial charge in [-0.2, -0.15) is 13.5 Å². The average molecular weight is 599 g/mol. The Labute approximate surface area is 291 Å². The van der Waals surface area contributed by atoms with Gasteiger partial charge in [-0.1, -0.05) is 57.8 Å². The molecule has 0 saturated carbocycles. The van der Waals surface area contributed by atoms with Crippen LogP contribution in [0.25, 0.3) is 0 Å². The number of carbonyl (C=O) groups is 2. The molecule has 0 radical (unpaired) electrons. The second-order valence-corrected chi connectivity index (χ2v) is 8.21. The van der Waals surface area contributed by atoms with E-state index < -0.39 is 39.1 Å². The number of phosphoric acid groups is 1. The summed E-state index contributed by atoms with van der Waals surface area (Å²) in [6, 6.07) is 0. The van der Waals surface area contributed by atoms with E-state index in [-0.39, 0.29) is 91.9 Å². The van der Waals surface area contributed by atoms with Gasteiger partial charge >= 0.3 is 71.1 Å². The van der Waals surface area contributed by atoms with E-state index in [1.807, 2.05) is 0 Å². The molecule has 8 nitrogen and oxygen atoms in total. The normalized spacial score (nSPS) is 9.37. The summed E-state index contributed by atoms with van der Waals surface area (Å²) < 4.78 is 24.8. The molecule has 214 valence electrons. The fourth-order valence-electron chi connectivity index (χ4n) is 2.48. The zero-order valence-corrected chi connectivity index (χ0v) is 28.5. The molecule has 0 unspecified atom stereocenters. The van der Waals surface area contributed by atoms with Crippen LogP contribution in [-0.2, 0) is 28.2 Å². The Kier molecular flexibility index (Phi) is 35.8. The van der Waals surface area contributed by atoms with Gasteiger partial charge in [-0.05, 0) is 60.7 Å². The van der Waals surface area contributed by atoms with E-state index in [0.29, 0.717) is 6.42 Å². The van der Waals surface area contributed by atoms with E-state index >= 15 is 0 Å². The molecule has 38 heavy (non-hydrogen) atoms. The second kappa shape index (κ2) is 30.7. The van der Waals surface area contributed by atoms with Gasteiger partial charge in [-0.15, -0.1) is 0 Å². The van der Waals surface area contributed by atoms with Crippen LogP contribution in [0.15, 0.2) is 0 Å². The molecule has 0 aromatic heterocycles. The topological polar surface area (TPSA) is 125 Å². The molecule has 0 fully saturated rings. The monoisotopic (exact) mass is 598 g/mol. The van der Waals surface area contributed by atoms with Crippen molar-refractivity contribution in [1.29, 1.82) is 0 Å². The largest absolute Gasteiger partial charge is 1.00 e. The van der Waals surface area contributed by atoms with E-state index in [1.165, 1.54) is 25.7 Å². The van der Waals surface area contributed by atoms with E-state index in [1.54, 1.807) is 6.92 Å². The first-order chi connectivity index (χ1) is 16.8. The maximum Gasteiger partial charge on any atom is 1.00 e. The van der Waals surface area contributed by atoms with Crippen LogP contribution < -0.4 is 68.9 Å². The van der Waals surface area contributed by atoms with Crippen molar-refractivity contribution < 1.29 is 110 Å². The van der Waals surface area contributed by atoms with E-state index in [9.17, 15) is 23.9 Å². The van der Waals surface area contributed by atoms with Crippen LogP contribution in [-0.4, -0.2) is 31.3 Å². The summed E-state index contributed by atoms with van der Waals surface area (Å²) in [4.78, 5) is 45.2. The molecular weight excluding hydrogens is 549 g/mol. The van der Waals surface area contributed by atoms with Crippen molar-refractivity contribution in [2.75, 3.05) is 13.2 Å². The van der Waals surface area contributed by atoms with Gasteiger partial charge in [0.25, 0.3) is 0 Å². The minimum atomic E-state index is -5.30. The summed E-state index contributed by atoms with van der Waals surface area (Å²) >= 11 is 0. The molecule has 0 aliphatic carbocycles. The van der Waals surface area contributed by atoms with Crippen molar-refractivity contribution >= 4 is 33.3 Å². The third-order valence-corrected chi connectivity index (χ3v) is 4.54. The maximum absolute atomic E-state index is 12.0. The standard InChI is InChI=1S/C26H31O8P.2Na.H2S.9H2/c1-3-5-7-9-11-13-15-16-18-20-25(27)32-22-24(23-33-35(29,30)31)34-26(28)21-19-17-14-12-10-8-6-4-2;;;;;;;;;;;;/h24H,4,6,8,10,12,14,17,19,21-23H2,1-2H3,(H2,29,30,31);;;1H2;9*1H/q;2*+1;;;;;;;;;;/p-2/t24-;;;;;;;;;;;;/m0............/s1. The molecule has 0 heterocycles. The molecule has 0 bridgehead atoms. The van der Waals surface area contributed by atoms with Gasteiger partial charge in [0, 0.05) is 25.2 Å². The predicted octanol–water partition coefficient (Wildman–Crippen LogP) is -1.81. The first-order valence-electron chi connectivity index (χ1n) is 11.2. The molecule has 0 amide bonds. The van der Waals surface area contributed by atoms with Crippen LogP contribution in [0.5, 0.6) is 0 Å². The second-order valence-electron chi connectivity index (χ2n) is 7.05. The summed E-state index contributed by atoms with van der Waals surface area (Å²) in [6.07, 6.45) is 7.17. The van der Waals surface area contributed by atoms with Gasteiger partial charge in [0.1, 0.15) is 6.61 Å². The number of carbonyl (C=O) groups excluding carboxylic acids is 2. The zero-order valence-electron chi connectivity index (χ0n) is 22.6. The minimum absolute atomic E-state index is 0. The Hall–Kier alpha value is -0.800. The molecule has 0 saturated heterocycles. The first-order valence-corrected chi connectivity index (χ1v) is 12.7. The molecule has 0 aromatic carbocycles. The summed E-state index contributed by atoms with van der Waals surface area (Å²) in [5.74, 6) is 22.1. The van der Waals surface area contributed by atoms with Crippen LogP contribution in [0.1, 0.15) is 84.5 Å². The fourth-order valence-corrected chi connectivity index (χ4v) is 2.82. The molecule has 1 atom stereocenters. The molecule has 0 aliphatic rings. The van der Waals surface area contributed by atoms with Gasteiger partial charge in [0.2, 0.25) is 0 Å².